The van der Waals surface area contributed by atoms with Gasteiger partial charge < -0.3 is 20.3 Å². The molecule has 5 atom stereocenters. The Bertz CT molecular complexity index is 1060. The predicted molar refractivity (Wildman–Crippen MR) is 139 cm³/mol. The third-order valence-electron chi connectivity index (χ3n) is 8.89. The van der Waals surface area contributed by atoms with E-state index in [1.165, 1.54) is 6.42 Å². The van der Waals surface area contributed by atoms with Gasteiger partial charge >= 0.3 is 0 Å². The molecule has 3 aliphatic heterocycles. The Balaban J connectivity index is 1.31. The summed E-state index contributed by atoms with van der Waals surface area (Å²) in [4.78, 5) is 43.4. The van der Waals surface area contributed by atoms with Crippen molar-refractivity contribution in [3.05, 3.63) is 40.9 Å². The van der Waals surface area contributed by atoms with Crippen LogP contribution >= 0.6 is 15.9 Å². The van der Waals surface area contributed by atoms with Crippen LogP contribution in [0.1, 0.15) is 64.2 Å². The maximum Gasteiger partial charge on any atom is 0.246 e. The predicted octanol–water partition coefficient (Wildman–Crippen LogP) is 4.32. The Morgan fingerprint density at radius 2 is 1.61 bits per heavy atom. The zero-order valence-corrected chi connectivity index (χ0v) is 22.0. The van der Waals surface area contributed by atoms with Crippen molar-refractivity contribution in [2.75, 3.05) is 5.32 Å². The average Bonchev–Trinajstić information content (AvgIpc) is 3.54. The topological polar surface area (TPSA) is 87.7 Å². The second-order valence-electron chi connectivity index (χ2n) is 11.1. The van der Waals surface area contributed by atoms with E-state index in [4.69, 9.17) is 4.74 Å². The molecule has 8 heteroatoms. The highest BCUT2D eigenvalue weighted by atomic mass is 79.9. The van der Waals surface area contributed by atoms with Crippen LogP contribution in [-0.2, 0) is 19.1 Å². The fraction of sp³-hybridized carbons (Fsp3) is 0.607. The van der Waals surface area contributed by atoms with Gasteiger partial charge in [0, 0.05) is 22.2 Å². The van der Waals surface area contributed by atoms with Gasteiger partial charge in [-0.15, -0.1) is 0 Å². The maximum absolute atomic E-state index is 14.1. The van der Waals surface area contributed by atoms with Gasteiger partial charge in [-0.25, -0.2) is 0 Å². The summed E-state index contributed by atoms with van der Waals surface area (Å²) in [6.07, 6.45) is 13.7. The zero-order valence-electron chi connectivity index (χ0n) is 20.5. The third-order valence-corrected chi connectivity index (χ3v) is 9.42. The van der Waals surface area contributed by atoms with Crippen LogP contribution in [0, 0.1) is 11.8 Å². The molecule has 0 radical (unpaired) electrons. The number of carbonyl (C=O) groups excluding carboxylic acids is 3. The molecule has 5 aliphatic rings. The molecule has 5 unspecified atom stereocenters. The number of anilines is 1. The Kier molecular flexibility index (Phi) is 6.44. The standard InChI is InChI=1S/C28H34BrN3O4/c29-17-11-13-19(14-12-17)30-25(33)22-21-15-16-28(36-21)23(22)27(35)32(20-9-5-2-6-10-20)24(28)26(34)31-18-7-3-1-4-8-18/h11-16,18,20-24H,1-10H2,(H,30,33)(H,31,34). The van der Waals surface area contributed by atoms with Gasteiger partial charge in [0.05, 0.1) is 17.9 Å². The molecule has 2 N–H and O–H groups in total. The quantitative estimate of drug-likeness (QED) is 0.529. The summed E-state index contributed by atoms with van der Waals surface area (Å²) in [6.45, 7) is 0. The first kappa shape index (κ1) is 24.2. The number of hydrogen-bond acceptors (Lipinski definition) is 4. The first-order valence-electron chi connectivity index (χ1n) is 13.5. The van der Waals surface area contributed by atoms with Crippen molar-refractivity contribution in [1.82, 2.24) is 10.2 Å². The lowest BCUT2D eigenvalue weighted by atomic mass is 9.74. The minimum Gasteiger partial charge on any atom is -0.359 e. The van der Waals surface area contributed by atoms with E-state index in [1.54, 1.807) is 0 Å². The van der Waals surface area contributed by atoms with Gasteiger partial charge in [0.1, 0.15) is 11.6 Å². The molecule has 3 amide bonds. The second-order valence-corrected chi connectivity index (χ2v) is 12.0. The first-order chi connectivity index (χ1) is 17.5. The van der Waals surface area contributed by atoms with E-state index in [1.807, 2.05) is 41.3 Å². The van der Waals surface area contributed by atoms with E-state index < -0.39 is 29.6 Å². The molecule has 2 aliphatic carbocycles. The summed E-state index contributed by atoms with van der Waals surface area (Å²) in [5.74, 6) is -1.81. The van der Waals surface area contributed by atoms with Crippen LogP contribution in [0.4, 0.5) is 5.69 Å². The Labute approximate surface area is 220 Å². The van der Waals surface area contributed by atoms with Crippen LogP contribution in [0.5, 0.6) is 0 Å². The smallest absolute Gasteiger partial charge is 0.246 e. The van der Waals surface area contributed by atoms with Crippen molar-refractivity contribution in [1.29, 1.82) is 0 Å². The van der Waals surface area contributed by atoms with Gasteiger partial charge in [-0.3, -0.25) is 14.4 Å². The SMILES string of the molecule is O=C(Nc1ccc(Br)cc1)C1C2C=CC3(O2)C1C(=O)N(C1CCCCC1)C3C(=O)NC1CCCCC1. The van der Waals surface area contributed by atoms with Crippen molar-refractivity contribution in [3.63, 3.8) is 0 Å². The number of halogens is 1. The molecule has 1 aromatic rings. The maximum atomic E-state index is 14.1. The van der Waals surface area contributed by atoms with Gasteiger partial charge in [-0.2, -0.15) is 0 Å². The fourth-order valence-corrected chi connectivity index (χ4v) is 7.51. The summed E-state index contributed by atoms with van der Waals surface area (Å²) in [5, 5.41) is 6.26. The highest BCUT2D eigenvalue weighted by Gasteiger charge is 2.73. The van der Waals surface area contributed by atoms with Crippen molar-refractivity contribution >= 4 is 39.3 Å². The number of likely N-dealkylation sites (tertiary alicyclic amines) is 1. The highest BCUT2D eigenvalue weighted by Crippen LogP contribution is 2.56. The van der Waals surface area contributed by atoms with Crippen LogP contribution in [0.3, 0.4) is 0 Å². The largest absolute Gasteiger partial charge is 0.359 e. The Morgan fingerprint density at radius 1 is 0.944 bits per heavy atom. The molecule has 3 heterocycles. The average molecular weight is 557 g/mol. The van der Waals surface area contributed by atoms with E-state index in [0.29, 0.717) is 5.69 Å². The normalized spacial score (nSPS) is 34.1. The number of hydrogen-bond donors (Lipinski definition) is 2. The molecule has 4 fully saturated rings. The minimum absolute atomic E-state index is 0.0135. The molecule has 1 aromatic carbocycles. The molecule has 6 rings (SSSR count). The molecule has 192 valence electrons. The number of nitrogens with zero attached hydrogens (tertiary/aromatic N) is 1. The number of fused-ring (bicyclic) bond motifs is 1. The molecule has 2 saturated heterocycles. The molecule has 2 saturated carbocycles. The molecular weight excluding hydrogens is 522 g/mol. The second kappa shape index (κ2) is 9.60. The van der Waals surface area contributed by atoms with Crippen LogP contribution in [0.15, 0.2) is 40.9 Å². The zero-order chi connectivity index (χ0) is 24.9. The lowest BCUT2D eigenvalue weighted by molar-refractivity contribution is -0.144. The fourth-order valence-electron chi connectivity index (χ4n) is 7.24. The van der Waals surface area contributed by atoms with E-state index >= 15 is 0 Å². The number of rotatable bonds is 5. The summed E-state index contributed by atoms with van der Waals surface area (Å²) in [6, 6.07) is 6.81. The van der Waals surface area contributed by atoms with Crippen LogP contribution in [-0.4, -0.2) is 52.5 Å². The van der Waals surface area contributed by atoms with Gasteiger partial charge in [0.2, 0.25) is 17.7 Å². The molecule has 36 heavy (non-hydrogen) atoms. The molecular formula is C28H34BrN3O4. The summed E-state index contributed by atoms with van der Waals surface area (Å²) in [7, 11) is 0. The van der Waals surface area contributed by atoms with E-state index in [0.717, 1.165) is 62.3 Å². The Hall–Kier alpha value is -2.19. The van der Waals surface area contributed by atoms with Gasteiger partial charge in [-0.05, 0) is 49.9 Å². The first-order valence-corrected chi connectivity index (χ1v) is 14.3. The highest BCUT2D eigenvalue weighted by molar-refractivity contribution is 9.10. The Morgan fingerprint density at radius 3 is 2.31 bits per heavy atom. The summed E-state index contributed by atoms with van der Waals surface area (Å²) >= 11 is 3.42. The van der Waals surface area contributed by atoms with Crippen LogP contribution < -0.4 is 10.6 Å². The van der Waals surface area contributed by atoms with Crippen molar-refractivity contribution < 1.29 is 19.1 Å². The van der Waals surface area contributed by atoms with Crippen LogP contribution in [0.25, 0.3) is 0 Å². The monoisotopic (exact) mass is 555 g/mol. The number of benzene rings is 1. The summed E-state index contributed by atoms with van der Waals surface area (Å²) < 4.78 is 7.41. The number of nitrogens with one attached hydrogen (secondary N) is 2. The molecule has 7 nitrogen and oxygen atoms in total. The van der Waals surface area contributed by atoms with Gasteiger partial charge in [0.15, 0.2) is 0 Å². The van der Waals surface area contributed by atoms with Gasteiger partial charge in [-0.1, -0.05) is 66.6 Å². The van der Waals surface area contributed by atoms with Crippen LogP contribution in [0.2, 0.25) is 0 Å². The van der Waals surface area contributed by atoms with Crippen molar-refractivity contribution in [2.45, 2.75) is 94.0 Å². The molecule has 1 spiro atoms. The van der Waals surface area contributed by atoms with Crippen molar-refractivity contribution in [2.24, 2.45) is 11.8 Å². The lowest BCUT2D eigenvalue weighted by Gasteiger charge is -2.39. The van der Waals surface area contributed by atoms with E-state index in [9.17, 15) is 14.4 Å². The van der Waals surface area contributed by atoms with E-state index in [-0.39, 0.29) is 29.8 Å². The van der Waals surface area contributed by atoms with Gasteiger partial charge in [0.25, 0.3) is 0 Å². The summed E-state index contributed by atoms with van der Waals surface area (Å²) in [5.41, 5.74) is -0.412. The molecule has 2 bridgehead atoms. The third kappa shape index (κ3) is 4.01. The number of ether oxygens (including phenoxy) is 1. The van der Waals surface area contributed by atoms with Crippen molar-refractivity contribution in [3.8, 4) is 0 Å². The minimum atomic E-state index is -1.08. The van der Waals surface area contributed by atoms with E-state index in [2.05, 4.69) is 26.6 Å². The number of amides is 3. The number of carbonyl (C=O) groups is 3. The molecule has 0 aromatic heterocycles. The lowest BCUT2D eigenvalue weighted by Crippen LogP contribution is -2.58.